The molecule has 1 N–H and O–H groups in total. The molecule has 0 atom stereocenters. The van der Waals surface area contributed by atoms with Crippen molar-refractivity contribution >= 4 is 23.5 Å². The average Bonchev–Trinajstić information content (AvgIpc) is 2.56. The number of nitrogens with one attached hydrogen (secondary N) is 1. The first-order valence-corrected chi connectivity index (χ1v) is 6.70. The van der Waals surface area contributed by atoms with E-state index in [1.54, 1.807) is 24.3 Å². The number of rotatable bonds is 5. The van der Waals surface area contributed by atoms with Crippen LogP contribution in [-0.2, 0) is 4.79 Å². The second kappa shape index (κ2) is 7.26. The van der Waals surface area contributed by atoms with Gasteiger partial charge in [0.25, 0.3) is 0 Å². The van der Waals surface area contributed by atoms with Gasteiger partial charge in [-0.1, -0.05) is 18.7 Å². The van der Waals surface area contributed by atoms with Crippen LogP contribution in [-0.4, -0.2) is 11.7 Å². The summed E-state index contributed by atoms with van der Waals surface area (Å²) in [5.74, 6) is -2.55. The zero-order chi connectivity index (χ0) is 16.8. The van der Waals surface area contributed by atoms with Gasteiger partial charge in [0, 0.05) is 11.3 Å². The lowest BCUT2D eigenvalue weighted by atomic mass is 10.1. The van der Waals surface area contributed by atoms with Crippen molar-refractivity contribution in [2.45, 2.75) is 0 Å². The fraction of sp³-hybridized carbons (Fsp3) is 0. The summed E-state index contributed by atoms with van der Waals surface area (Å²) in [5, 5.41) is 2.56. The summed E-state index contributed by atoms with van der Waals surface area (Å²) in [4.78, 5) is 23.1. The fourth-order valence-corrected chi connectivity index (χ4v) is 1.80. The molecular formula is C18H13F2NO2. The first kappa shape index (κ1) is 16.3. The maximum atomic E-state index is 13.1. The highest BCUT2D eigenvalue weighted by atomic mass is 19.2. The van der Waals surface area contributed by atoms with Crippen molar-refractivity contribution in [2.24, 2.45) is 0 Å². The van der Waals surface area contributed by atoms with Crippen LogP contribution in [0.1, 0.15) is 15.9 Å². The number of carbonyl (C=O) groups excluding carboxylic acids is 2. The molecule has 0 aliphatic heterocycles. The monoisotopic (exact) mass is 313 g/mol. The number of halogens is 2. The van der Waals surface area contributed by atoms with Crippen molar-refractivity contribution in [2.75, 3.05) is 5.32 Å². The molecule has 0 fully saturated rings. The molecule has 0 aliphatic rings. The molecule has 0 unspecified atom stereocenters. The van der Waals surface area contributed by atoms with Gasteiger partial charge in [-0.25, -0.2) is 8.78 Å². The van der Waals surface area contributed by atoms with E-state index in [1.807, 2.05) is 0 Å². The lowest BCUT2D eigenvalue weighted by molar-refractivity contribution is -0.111. The molecule has 2 rings (SSSR count). The Morgan fingerprint density at radius 2 is 1.70 bits per heavy atom. The van der Waals surface area contributed by atoms with E-state index < -0.39 is 11.6 Å². The first-order valence-electron chi connectivity index (χ1n) is 6.70. The van der Waals surface area contributed by atoms with Crippen LogP contribution in [0.15, 0.2) is 61.2 Å². The van der Waals surface area contributed by atoms with Crippen LogP contribution in [0.25, 0.3) is 6.08 Å². The molecular weight excluding hydrogens is 300 g/mol. The summed E-state index contributed by atoms with van der Waals surface area (Å²) in [7, 11) is 0. The van der Waals surface area contributed by atoms with Crippen molar-refractivity contribution in [1.29, 1.82) is 0 Å². The summed E-state index contributed by atoms with van der Waals surface area (Å²) in [6.07, 6.45) is 3.81. The van der Waals surface area contributed by atoms with Crippen LogP contribution in [0, 0.1) is 11.6 Å². The summed E-state index contributed by atoms with van der Waals surface area (Å²) in [5.41, 5.74) is 1.32. The standard InChI is InChI=1S/C18H13F2NO2/c1-2-18(23)21-14-7-5-13(6-8-14)17(22)10-4-12-3-9-15(19)16(20)11-12/h2-11H,1H2,(H,21,23). The van der Waals surface area contributed by atoms with Crippen molar-refractivity contribution in [3.63, 3.8) is 0 Å². The molecule has 2 aromatic carbocycles. The number of amides is 1. The molecule has 0 heterocycles. The normalized spacial score (nSPS) is 10.5. The Morgan fingerprint density at radius 3 is 2.30 bits per heavy atom. The molecule has 2 aromatic rings. The predicted molar refractivity (Wildman–Crippen MR) is 85.0 cm³/mol. The number of carbonyl (C=O) groups is 2. The van der Waals surface area contributed by atoms with Gasteiger partial charge in [0.2, 0.25) is 5.91 Å². The highest BCUT2D eigenvalue weighted by Crippen LogP contribution is 2.13. The van der Waals surface area contributed by atoms with E-state index in [0.717, 1.165) is 18.2 Å². The quantitative estimate of drug-likeness (QED) is 0.670. The zero-order valence-corrected chi connectivity index (χ0v) is 12.1. The summed E-state index contributed by atoms with van der Waals surface area (Å²) in [6.45, 7) is 3.34. The lowest BCUT2D eigenvalue weighted by Crippen LogP contribution is -2.07. The number of allylic oxidation sites excluding steroid dienone is 1. The van der Waals surface area contributed by atoms with E-state index in [9.17, 15) is 18.4 Å². The van der Waals surface area contributed by atoms with Crippen molar-refractivity contribution < 1.29 is 18.4 Å². The highest BCUT2D eigenvalue weighted by molar-refractivity contribution is 6.07. The van der Waals surface area contributed by atoms with Crippen LogP contribution in [0.3, 0.4) is 0 Å². The topological polar surface area (TPSA) is 46.2 Å². The third-order valence-corrected chi connectivity index (χ3v) is 2.99. The molecule has 5 heteroatoms. The van der Waals surface area contributed by atoms with E-state index in [1.165, 1.54) is 18.2 Å². The number of benzene rings is 2. The van der Waals surface area contributed by atoms with Crippen LogP contribution in [0.5, 0.6) is 0 Å². The Kier molecular flexibility index (Phi) is 5.15. The Labute approximate surface area is 132 Å². The van der Waals surface area contributed by atoms with E-state index in [0.29, 0.717) is 16.8 Å². The van der Waals surface area contributed by atoms with E-state index in [2.05, 4.69) is 11.9 Å². The second-order valence-corrected chi connectivity index (χ2v) is 4.64. The molecule has 0 bridgehead atoms. The molecule has 0 saturated carbocycles. The smallest absolute Gasteiger partial charge is 0.247 e. The number of ketones is 1. The maximum absolute atomic E-state index is 13.1. The summed E-state index contributed by atoms with van der Waals surface area (Å²) in [6, 6.07) is 9.65. The van der Waals surface area contributed by atoms with Gasteiger partial charge in [-0.05, 0) is 54.1 Å². The molecule has 3 nitrogen and oxygen atoms in total. The van der Waals surface area contributed by atoms with E-state index in [4.69, 9.17) is 0 Å². The minimum atomic E-state index is -0.970. The van der Waals surface area contributed by atoms with Gasteiger partial charge in [0.05, 0.1) is 0 Å². The molecule has 0 spiro atoms. The van der Waals surface area contributed by atoms with Crippen LogP contribution >= 0.6 is 0 Å². The first-order chi connectivity index (χ1) is 11.0. The minimum Gasteiger partial charge on any atom is -0.323 e. The largest absolute Gasteiger partial charge is 0.323 e. The van der Waals surface area contributed by atoms with Crippen molar-refractivity contribution in [1.82, 2.24) is 0 Å². The summed E-state index contributed by atoms with van der Waals surface area (Å²) < 4.78 is 25.9. The molecule has 116 valence electrons. The Morgan fingerprint density at radius 1 is 1.00 bits per heavy atom. The second-order valence-electron chi connectivity index (χ2n) is 4.64. The number of hydrogen-bond acceptors (Lipinski definition) is 2. The maximum Gasteiger partial charge on any atom is 0.247 e. The molecule has 0 saturated heterocycles. The van der Waals surface area contributed by atoms with Crippen LogP contribution in [0.2, 0.25) is 0 Å². The van der Waals surface area contributed by atoms with E-state index in [-0.39, 0.29) is 11.7 Å². The SMILES string of the molecule is C=CC(=O)Nc1ccc(C(=O)C=Cc2ccc(F)c(F)c2)cc1. The fourth-order valence-electron chi connectivity index (χ4n) is 1.80. The van der Waals surface area contributed by atoms with Gasteiger partial charge in [0.1, 0.15) is 0 Å². The minimum absolute atomic E-state index is 0.295. The number of anilines is 1. The molecule has 0 aromatic heterocycles. The van der Waals surface area contributed by atoms with Crippen LogP contribution in [0.4, 0.5) is 14.5 Å². The highest BCUT2D eigenvalue weighted by Gasteiger charge is 2.04. The molecule has 0 aliphatic carbocycles. The lowest BCUT2D eigenvalue weighted by Gasteiger charge is -2.02. The third-order valence-electron chi connectivity index (χ3n) is 2.99. The Balaban J connectivity index is 2.08. The van der Waals surface area contributed by atoms with Gasteiger partial charge in [0.15, 0.2) is 17.4 Å². The van der Waals surface area contributed by atoms with Gasteiger partial charge < -0.3 is 5.32 Å². The summed E-state index contributed by atoms with van der Waals surface area (Å²) >= 11 is 0. The predicted octanol–water partition coefficient (Wildman–Crippen LogP) is 3.99. The molecule has 1 amide bonds. The van der Waals surface area contributed by atoms with Crippen LogP contribution < -0.4 is 5.32 Å². The molecule has 0 radical (unpaired) electrons. The van der Waals surface area contributed by atoms with Gasteiger partial charge in [-0.2, -0.15) is 0 Å². The number of hydrogen-bond donors (Lipinski definition) is 1. The average molecular weight is 313 g/mol. The van der Waals surface area contributed by atoms with E-state index >= 15 is 0 Å². The molecule has 23 heavy (non-hydrogen) atoms. The Hall–Kier alpha value is -3.08. The Bertz CT molecular complexity index is 780. The van der Waals surface area contributed by atoms with Gasteiger partial charge in [-0.3, -0.25) is 9.59 Å². The van der Waals surface area contributed by atoms with Crippen molar-refractivity contribution in [3.05, 3.63) is 84.0 Å². The zero-order valence-electron chi connectivity index (χ0n) is 12.1. The third kappa shape index (κ3) is 4.44. The van der Waals surface area contributed by atoms with Gasteiger partial charge in [-0.15, -0.1) is 0 Å². The van der Waals surface area contributed by atoms with Gasteiger partial charge >= 0.3 is 0 Å². The van der Waals surface area contributed by atoms with Crippen molar-refractivity contribution in [3.8, 4) is 0 Å².